The Balaban J connectivity index is 1.30. The Kier molecular flexibility index (Phi) is 9.31. The highest BCUT2D eigenvalue weighted by Gasteiger charge is 2.30. The minimum Gasteiger partial charge on any atom is -0.354 e. The van der Waals surface area contributed by atoms with Gasteiger partial charge in [0.15, 0.2) is 0 Å². The fourth-order valence-corrected chi connectivity index (χ4v) is 5.66. The monoisotopic (exact) mass is 641 g/mol. The van der Waals surface area contributed by atoms with E-state index in [0.717, 1.165) is 17.5 Å². The third-order valence-corrected chi connectivity index (χ3v) is 7.96. The molecule has 9 heteroatoms. The van der Waals surface area contributed by atoms with Crippen LogP contribution in [0.2, 0.25) is 5.02 Å². The summed E-state index contributed by atoms with van der Waals surface area (Å²) in [5.41, 5.74) is 6.14. The summed E-state index contributed by atoms with van der Waals surface area (Å²) in [7, 11) is 0. The highest BCUT2D eigenvalue weighted by molar-refractivity contribution is 6.37. The average Bonchev–Trinajstić information content (AvgIpc) is 3.41. The van der Waals surface area contributed by atoms with Gasteiger partial charge in [-0.15, -0.1) is 0 Å². The summed E-state index contributed by atoms with van der Waals surface area (Å²) in [6, 6.07) is 38.0. The zero-order chi connectivity index (χ0) is 32.8. The molecule has 0 aliphatic carbocycles. The largest absolute Gasteiger partial charge is 0.354 e. The molecule has 5 aromatic carbocycles. The predicted molar refractivity (Wildman–Crippen MR) is 189 cm³/mol. The van der Waals surface area contributed by atoms with Crippen LogP contribution >= 0.6 is 11.6 Å². The van der Waals surface area contributed by atoms with E-state index in [-0.39, 0.29) is 17.9 Å². The number of urea groups is 1. The Hall–Kier alpha value is -5.86. The summed E-state index contributed by atoms with van der Waals surface area (Å²) in [4.78, 5) is 39.7. The lowest BCUT2D eigenvalue weighted by atomic mass is 9.97. The smallest absolute Gasteiger partial charge is 0.323 e. The standard InChI is InChI=1S/C38H32ClN5O3/c1-2-32(24-11-5-3-6-12-24)43-36(45)26-19-20-33-31(21-26)34(37(46)44-33)35(25-13-7-4-8-14-25)40-29-17-10-18-30(23-29)42-38(47)41-28-16-9-15-27(39)22-28/h3-23,32,40H,2H2,1H3,(H,43,45)(H,44,46)(H2,41,42,47)/b35-34-/t32-/m1/s1. The molecule has 47 heavy (non-hydrogen) atoms. The summed E-state index contributed by atoms with van der Waals surface area (Å²) in [5, 5.41) is 15.6. The highest BCUT2D eigenvalue weighted by atomic mass is 35.5. The molecule has 234 valence electrons. The Morgan fingerprint density at radius 3 is 2.02 bits per heavy atom. The van der Waals surface area contributed by atoms with Crippen molar-refractivity contribution in [3.63, 3.8) is 0 Å². The molecule has 0 bridgehead atoms. The lowest BCUT2D eigenvalue weighted by molar-refractivity contribution is -0.110. The molecule has 0 saturated carbocycles. The van der Waals surface area contributed by atoms with Crippen LogP contribution < -0.4 is 26.6 Å². The van der Waals surface area contributed by atoms with Crippen LogP contribution in [0.3, 0.4) is 0 Å². The molecule has 4 amide bonds. The zero-order valence-corrected chi connectivity index (χ0v) is 26.3. The first kappa shape index (κ1) is 31.1. The van der Waals surface area contributed by atoms with Crippen LogP contribution in [0.4, 0.5) is 27.5 Å². The minimum atomic E-state index is -0.432. The molecular weight excluding hydrogens is 610 g/mol. The first-order valence-electron chi connectivity index (χ1n) is 15.2. The van der Waals surface area contributed by atoms with Gasteiger partial charge in [0, 0.05) is 38.9 Å². The van der Waals surface area contributed by atoms with E-state index < -0.39 is 6.03 Å². The second kappa shape index (κ2) is 14.1. The Morgan fingerprint density at radius 2 is 1.34 bits per heavy atom. The van der Waals surface area contributed by atoms with Gasteiger partial charge in [0.2, 0.25) is 0 Å². The molecule has 0 unspecified atom stereocenters. The van der Waals surface area contributed by atoms with Crippen LogP contribution in [0.15, 0.2) is 127 Å². The van der Waals surface area contributed by atoms with Crippen molar-refractivity contribution < 1.29 is 14.4 Å². The Morgan fingerprint density at radius 1 is 0.702 bits per heavy atom. The predicted octanol–water partition coefficient (Wildman–Crippen LogP) is 8.80. The van der Waals surface area contributed by atoms with Crippen LogP contribution in [0.1, 0.15) is 46.4 Å². The van der Waals surface area contributed by atoms with Gasteiger partial charge < -0.3 is 26.6 Å². The quantitative estimate of drug-likeness (QED) is 0.104. The topological polar surface area (TPSA) is 111 Å². The minimum absolute atomic E-state index is 0.151. The van der Waals surface area contributed by atoms with Gasteiger partial charge >= 0.3 is 6.03 Å². The zero-order valence-electron chi connectivity index (χ0n) is 25.5. The lowest BCUT2D eigenvalue weighted by Crippen LogP contribution is -2.28. The molecule has 1 heterocycles. The van der Waals surface area contributed by atoms with Gasteiger partial charge in [0.05, 0.1) is 17.3 Å². The number of amides is 4. The van der Waals surface area contributed by atoms with E-state index in [1.54, 1.807) is 60.7 Å². The van der Waals surface area contributed by atoms with E-state index in [0.29, 0.717) is 50.2 Å². The number of hydrogen-bond donors (Lipinski definition) is 5. The number of fused-ring (bicyclic) bond motifs is 1. The van der Waals surface area contributed by atoms with Gasteiger partial charge in [-0.25, -0.2) is 4.79 Å². The molecule has 0 fully saturated rings. The van der Waals surface area contributed by atoms with Gasteiger partial charge in [-0.05, 0) is 72.1 Å². The number of rotatable bonds is 9. The van der Waals surface area contributed by atoms with Gasteiger partial charge in [0.1, 0.15) is 0 Å². The summed E-state index contributed by atoms with van der Waals surface area (Å²) < 4.78 is 0. The number of hydrogen-bond acceptors (Lipinski definition) is 4. The number of anilines is 4. The van der Waals surface area contributed by atoms with Gasteiger partial charge in [-0.3, -0.25) is 9.59 Å². The van der Waals surface area contributed by atoms with E-state index in [2.05, 4.69) is 26.6 Å². The van der Waals surface area contributed by atoms with Crippen LogP contribution in [0.25, 0.3) is 11.3 Å². The maximum Gasteiger partial charge on any atom is 0.323 e. The van der Waals surface area contributed by atoms with Crippen LogP contribution in [-0.2, 0) is 4.79 Å². The molecule has 0 saturated heterocycles. The molecule has 8 nitrogen and oxygen atoms in total. The van der Waals surface area contributed by atoms with E-state index in [1.165, 1.54) is 0 Å². The molecule has 1 atom stereocenters. The molecule has 5 N–H and O–H groups in total. The number of carbonyl (C=O) groups excluding carboxylic acids is 3. The second-order valence-electron chi connectivity index (χ2n) is 11.0. The number of halogens is 1. The summed E-state index contributed by atoms with van der Waals surface area (Å²) in [6.07, 6.45) is 0.726. The number of benzene rings is 5. The highest BCUT2D eigenvalue weighted by Crippen LogP contribution is 2.38. The van der Waals surface area contributed by atoms with Crippen LogP contribution in [-0.4, -0.2) is 17.8 Å². The third kappa shape index (κ3) is 7.35. The molecule has 0 spiro atoms. The molecule has 1 aliphatic rings. The fourth-order valence-electron chi connectivity index (χ4n) is 5.47. The van der Waals surface area contributed by atoms with Crippen molar-refractivity contribution in [3.8, 4) is 0 Å². The van der Waals surface area contributed by atoms with Crippen molar-refractivity contribution in [3.05, 3.63) is 155 Å². The lowest BCUT2D eigenvalue weighted by Gasteiger charge is -2.18. The molecule has 1 aliphatic heterocycles. The molecule has 0 radical (unpaired) electrons. The van der Waals surface area contributed by atoms with Gasteiger partial charge in [0.25, 0.3) is 11.8 Å². The average molecular weight is 642 g/mol. The van der Waals surface area contributed by atoms with Gasteiger partial charge in [-0.2, -0.15) is 0 Å². The normalized spacial score (nSPS) is 13.5. The van der Waals surface area contributed by atoms with Crippen molar-refractivity contribution >= 4 is 63.5 Å². The van der Waals surface area contributed by atoms with Crippen molar-refractivity contribution in [2.75, 3.05) is 21.3 Å². The molecule has 0 aromatic heterocycles. The van der Waals surface area contributed by atoms with Crippen molar-refractivity contribution in [2.24, 2.45) is 0 Å². The maximum absolute atomic E-state index is 13.6. The van der Waals surface area contributed by atoms with E-state index in [4.69, 9.17) is 11.6 Å². The summed E-state index contributed by atoms with van der Waals surface area (Å²) in [6.45, 7) is 2.03. The number of nitrogens with one attached hydrogen (secondary N) is 5. The first-order chi connectivity index (χ1) is 22.9. The summed E-state index contributed by atoms with van der Waals surface area (Å²) in [5.74, 6) is -0.527. The van der Waals surface area contributed by atoms with Crippen molar-refractivity contribution in [1.29, 1.82) is 0 Å². The van der Waals surface area contributed by atoms with E-state index in [9.17, 15) is 14.4 Å². The summed E-state index contributed by atoms with van der Waals surface area (Å²) >= 11 is 6.04. The molecule has 5 aromatic rings. The first-order valence-corrected chi connectivity index (χ1v) is 15.6. The van der Waals surface area contributed by atoms with Crippen molar-refractivity contribution in [2.45, 2.75) is 19.4 Å². The van der Waals surface area contributed by atoms with Crippen LogP contribution in [0, 0.1) is 0 Å². The molecule has 6 rings (SSSR count). The fraction of sp³-hybridized carbons (Fsp3) is 0.0789. The second-order valence-corrected chi connectivity index (χ2v) is 11.4. The Bertz CT molecular complexity index is 1980. The van der Waals surface area contributed by atoms with Crippen LogP contribution in [0.5, 0.6) is 0 Å². The van der Waals surface area contributed by atoms with Crippen molar-refractivity contribution in [1.82, 2.24) is 5.32 Å². The van der Waals surface area contributed by atoms with E-state index in [1.807, 2.05) is 73.7 Å². The Labute approximate surface area is 277 Å². The number of carbonyl (C=O) groups is 3. The molecular formula is C38H32ClN5O3. The SMILES string of the molecule is CC[C@@H](NC(=O)c1ccc2c(c1)/C(=C(/Nc1cccc(NC(=O)Nc3cccc(Cl)c3)c1)c1ccccc1)C(=O)N2)c1ccccc1. The third-order valence-electron chi connectivity index (χ3n) is 7.73. The van der Waals surface area contributed by atoms with Gasteiger partial charge in [-0.1, -0.05) is 91.3 Å². The van der Waals surface area contributed by atoms with E-state index >= 15 is 0 Å². The maximum atomic E-state index is 13.6.